The van der Waals surface area contributed by atoms with Gasteiger partial charge in [-0.3, -0.25) is 0 Å². The van der Waals surface area contributed by atoms with Gasteiger partial charge >= 0.3 is 5.97 Å². The Kier molecular flexibility index (Phi) is 6.76. The number of thioether (sulfide) groups is 1. The lowest BCUT2D eigenvalue weighted by atomic mass is 10.0. The average molecular weight is 397 g/mol. The van der Waals surface area contributed by atoms with E-state index in [9.17, 15) is 9.90 Å². The zero-order chi connectivity index (χ0) is 19.9. The summed E-state index contributed by atoms with van der Waals surface area (Å²) in [7, 11) is 3.09. The van der Waals surface area contributed by atoms with Crippen molar-refractivity contribution >= 4 is 34.0 Å². The van der Waals surface area contributed by atoms with Gasteiger partial charge in [0.2, 0.25) is 0 Å². The highest BCUT2D eigenvalue weighted by molar-refractivity contribution is 8.13. The van der Waals surface area contributed by atoms with Crippen LogP contribution in [0.15, 0.2) is 59.8 Å². The van der Waals surface area contributed by atoms with Crippen molar-refractivity contribution in [3.05, 3.63) is 65.9 Å². The van der Waals surface area contributed by atoms with Crippen LogP contribution in [0.3, 0.4) is 0 Å². The Hall–Kier alpha value is -2.73. The summed E-state index contributed by atoms with van der Waals surface area (Å²) in [6, 6.07) is 15.2. The summed E-state index contributed by atoms with van der Waals surface area (Å²) >= 11 is 1.67. The van der Waals surface area contributed by atoms with Crippen LogP contribution in [0.1, 0.15) is 24.0 Å². The molecule has 0 amide bonds. The van der Waals surface area contributed by atoms with E-state index in [0.717, 1.165) is 34.9 Å². The molecular weight excluding hydrogens is 374 g/mol. The number of methoxy groups -OCH3 is 2. The summed E-state index contributed by atoms with van der Waals surface area (Å²) in [5, 5.41) is 10.6. The van der Waals surface area contributed by atoms with E-state index in [2.05, 4.69) is 0 Å². The van der Waals surface area contributed by atoms with Gasteiger partial charge in [0, 0.05) is 11.7 Å². The molecule has 3 rings (SSSR count). The number of carboxylic acids is 1. The van der Waals surface area contributed by atoms with Crippen molar-refractivity contribution in [3.63, 3.8) is 0 Å². The number of carboxylic acid groups (broad SMARTS) is 1. The molecule has 1 fully saturated rings. The Morgan fingerprint density at radius 2 is 1.89 bits per heavy atom. The molecule has 2 aromatic carbocycles. The first-order valence-electron chi connectivity index (χ1n) is 9.02. The molecule has 28 heavy (non-hydrogen) atoms. The minimum Gasteiger partial charge on any atom is -0.503 e. The maximum absolute atomic E-state index is 11.6. The highest BCUT2D eigenvalue weighted by Gasteiger charge is 2.28. The van der Waals surface area contributed by atoms with Gasteiger partial charge in [-0.2, -0.15) is 0 Å². The van der Waals surface area contributed by atoms with Gasteiger partial charge < -0.3 is 14.6 Å². The highest BCUT2D eigenvalue weighted by Crippen LogP contribution is 2.38. The van der Waals surface area contributed by atoms with Crippen LogP contribution in [0.2, 0.25) is 0 Å². The van der Waals surface area contributed by atoms with Gasteiger partial charge in [-0.25, -0.2) is 9.79 Å². The Labute approximate surface area is 169 Å². The zero-order valence-electron chi connectivity index (χ0n) is 15.9. The second kappa shape index (κ2) is 9.46. The SMILES string of the molecule is CO/C=C(/C(=O)O)c1ccccc1CSC(=Nc1ccc(OC)cc1)C1CC1. The van der Waals surface area contributed by atoms with Crippen LogP contribution in [0.4, 0.5) is 5.69 Å². The summed E-state index contributed by atoms with van der Waals surface area (Å²) in [4.78, 5) is 16.4. The molecule has 0 bridgehead atoms. The average Bonchev–Trinajstić information content (AvgIpc) is 3.55. The third-order valence-electron chi connectivity index (χ3n) is 4.39. The van der Waals surface area contributed by atoms with Crippen molar-refractivity contribution in [2.75, 3.05) is 14.2 Å². The minimum atomic E-state index is -1.01. The van der Waals surface area contributed by atoms with Gasteiger partial charge in [-0.1, -0.05) is 24.3 Å². The quantitative estimate of drug-likeness (QED) is 0.289. The molecule has 0 aliphatic heterocycles. The predicted octanol–water partition coefficient (Wildman–Crippen LogP) is 5.14. The summed E-state index contributed by atoms with van der Waals surface area (Å²) in [6.45, 7) is 0. The lowest BCUT2D eigenvalue weighted by molar-refractivity contribution is -0.130. The second-order valence-corrected chi connectivity index (χ2v) is 7.44. The fourth-order valence-electron chi connectivity index (χ4n) is 2.76. The Balaban J connectivity index is 1.80. The molecule has 2 aromatic rings. The number of ether oxygens (including phenoxy) is 2. The maximum Gasteiger partial charge on any atom is 0.339 e. The lowest BCUT2D eigenvalue weighted by Gasteiger charge is -2.11. The van der Waals surface area contributed by atoms with Gasteiger partial charge in [-0.05, 0) is 48.2 Å². The Bertz CT molecular complexity index is 886. The van der Waals surface area contributed by atoms with Gasteiger partial charge in [-0.15, -0.1) is 11.8 Å². The Morgan fingerprint density at radius 1 is 1.18 bits per heavy atom. The van der Waals surface area contributed by atoms with Crippen molar-refractivity contribution in [1.29, 1.82) is 0 Å². The maximum atomic E-state index is 11.6. The molecule has 0 radical (unpaired) electrons. The summed E-state index contributed by atoms with van der Waals surface area (Å²) in [5.74, 6) is 0.941. The van der Waals surface area contributed by atoms with Crippen LogP contribution in [-0.4, -0.2) is 30.3 Å². The molecular formula is C22H23NO4S. The van der Waals surface area contributed by atoms with E-state index in [1.165, 1.54) is 13.4 Å². The van der Waals surface area contributed by atoms with Crippen molar-refractivity contribution in [2.45, 2.75) is 18.6 Å². The van der Waals surface area contributed by atoms with E-state index < -0.39 is 5.97 Å². The number of aliphatic carboxylic acids is 1. The molecule has 0 atom stereocenters. The highest BCUT2D eigenvalue weighted by atomic mass is 32.2. The van der Waals surface area contributed by atoms with Crippen molar-refractivity contribution in [3.8, 4) is 5.75 Å². The van der Waals surface area contributed by atoms with Gasteiger partial charge in [0.25, 0.3) is 0 Å². The minimum absolute atomic E-state index is 0.152. The standard InChI is InChI=1S/C22H23NO4S/c1-26-13-20(22(24)25)19-6-4-3-5-16(19)14-28-21(15-7-8-15)23-17-9-11-18(27-2)12-10-17/h3-6,9-13,15H,7-8,14H2,1-2H3,(H,24,25)/b20-13+,23-21?. The van der Waals surface area contributed by atoms with E-state index in [4.69, 9.17) is 14.5 Å². The number of nitrogens with zero attached hydrogens (tertiary/aromatic N) is 1. The molecule has 0 saturated heterocycles. The molecule has 146 valence electrons. The van der Waals surface area contributed by atoms with E-state index in [0.29, 0.717) is 17.2 Å². The van der Waals surface area contributed by atoms with E-state index in [1.54, 1.807) is 18.9 Å². The van der Waals surface area contributed by atoms with Crippen LogP contribution >= 0.6 is 11.8 Å². The number of aliphatic imine (C=N–C) groups is 1. The third-order valence-corrected chi connectivity index (χ3v) is 5.56. The smallest absolute Gasteiger partial charge is 0.339 e. The molecule has 1 aliphatic carbocycles. The summed E-state index contributed by atoms with van der Waals surface area (Å²) in [5.41, 5.74) is 2.66. The van der Waals surface area contributed by atoms with Crippen LogP contribution in [0.5, 0.6) is 5.75 Å². The molecule has 6 heteroatoms. The van der Waals surface area contributed by atoms with Crippen LogP contribution in [0, 0.1) is 5.92 Å². The number of hydrogen-bond acceptors (Lipinski definition) is 5. The number of benzene rings is 2. The second-order valence-electron chi connectivity index (χ2n) is 6.44. The lowest BCUT2D eigenvalue weighted by Crippen LogP contribution is -2.04. The normalized spacial score (nSPS) is 14.6. The van der Waals surface area contributed by atoms with Crippen LogP contribution in [0.25, 0.3) is 5.57 Å². The van der Waals surface area contributed by atoms with Gasteiger partial charge in [0.05, 0.1) is 31.2 Å². The number of hydrogen-bond donors (Lipinski definition) is 1. The Morgan fingerprint density at radius 3 is 2.50 bits per heavy atom. The molecule has 0 aromatic heterocycles. The van der Waals surface area contributed by atoms with Crippen LogP contribution in [-0.2, 0) is 15.3 Å². The number of rotatable bonds is 8. The predicted molar refractivity (Wildman–Crippen MR) is 113 cm³/mol. The molecule has 1 saturated carbocycles. The first kappa shape index (κ1) is 20.0. The van der Waals surface area contributed by atoms with Crippen molar-refractivity contribution in [2.24, 2.45) is 10.9 Å². The van der Waals surface area contributed by atoms with Crippen molar-refractivity contribution < 1.29 is 19.4 Å². The fourth-order valence-corrected chi connectivity index (χ4v) is 3.96. The first-order valence-corrected chi connectivity index (χ1v) is 10.0. The van der Waals surface area contributed by atoms with Gasteiger partial charge in [0.1, 0.15) is 11.3 Å². The molecule has 0 spiro atoms. The summed E-state index contributed by atoms with van der Waals surface area (Å²) < 4.78 is 10.2. The number of carbonyl (C=O) groups is 1. The van der Waals surface area contributed by atoms with E-state index in [-0.39, 0.29) is 5.57 Å². The van der Waals surface area contributed by atoms with E-state index in [1.807, 2.05) is 48.5 Å². The monoisotopic (exact) mass is 397 g/mol. The molecule has 0 unspecified atom stereocenters. The summed E-state index contributed by atoms with van der Waals surface area (Å²) in [6.07, 6.45) is 3.57. The zero-order valence-corrected chi connectivity index (χ0v) is 16.7. The molecule has 1 aliphatic rings. The molecule has 0 heterocycles. The van der Waals surface area contributed by atoms with Gasteiger partial charge in [0.15, 0.2) is 0 Å². The van der Waals surface area contributed by atoms with Crippen molar-refractivity contribution in [1.82, 2.24) is 0 Å². The topological polar surface area (TPSA) is 68.1 Å². The van der Waals surface area contributed by atoms with Crippen LogP contribution < -0.4 is 4.74 Å². The first-order chi connectivity index (χ1) is 13.6. The fraction of sp³-hybridized carbons (Fsp3) is 0.273. The molecule has 5 nitrogen and oxygen atoms in total. The molecule has 1 N–H and O–H groups in total. The third kappa shape index (κ3) is 5.16. The van der Waals surface area contributed by atoms with E-state index >= 15 is 0 Å². The largest absolute Gasteiger partial charge is 0.503 e.